The van der Waals surface area contributed by atoms with Crippen LogP contribution in [0.3, 0.4) is 0 Å². The summed E-state index contributed by atoms with van der Waals surface area (Å²) in [5.41, 5.74) is 2.97. The molecule has 0 saturated carbocycles. The third-order valence-electron chi connectivity index (χ3n) is 5.43. The highest BCUT2D eigenvalue weighted by molar-refractivity contribution is 5.74. The number of nitrogens with zero attached hydrogens (tertiary/aromatic N) is 3. The van der Waals surface area contributed by atoms with E-state index >= 15 is 0 Å². The van der Waals surface area contributed by atoms with E-state index < -0.39 is 6.61 Å². The molecule has 2 aromatic rings. The predicted octanol–water partition coefficient (Wildman–Crippen LogP) is 3.03. The van der Waals surface area contributed by atoms with Crippen molar-refractivity contribution in [3.63, 3.8) is 0 Å². The summed E-state index contributed by atoms with van der Waals surface area (Å²) in [6.07, 6.45) is 3.92. The maximum atomic E-state index is 12.8. The Morgan fingerprint density at radius 3 is 2.90 bits per heavy atom. The van der Waals surface area contributed by atoms with E-state index in [2.05, 4.69) is 20.0 Å². The lowest BCUT2D eigenvalue weighted by atomic mass is 9.93. The number of rotatable bonds is 4. The zero-order chi connectivity index (χ0) is 21.1. The summed E-state index contributed by atoms with van der Waals surface area (Å²) >= 11 is 0. The number of alkyl halides is 2. The van der Waals surface area contributed by atoms with Crippen molar-refractivity contribution in [2.24, 2.45) is 0 Å². The molecule has 160 valence electrons. The minimum absolute atomic E-state index is 0.0448. The van der Waals surface area contributed by atoms with Gasteiger partial charge in [0.15, 0.2) is 0 Å². The summed E-state index contributed by atoms with van der Waals surface area (Å²) < 4.78 is 34.8. The first kappa shape index (κ1) is 20.5. The third-order valence-corrected chi connectivity index (χ3v) is 5.43. The summed E-state index contributed by atoms with van der Waals surface area (Å²) in [6, 6.07) is 6.25. The maximum Gasteiger partial charge on any atom is 0.387 e. The SMILES string of the molecule is Cc1ncc2c(n1)CCC(NC(=O)N1CCOC(c3ccc(OC(F)F)cc3)C1)C2. The number of benzene rings is 1. The number of ether oxygens (including phenoxy) is 2. The molecule has 2 unspecified atom stereocenters. The lowest BCUT2D eigenvalue weighted by Gasteiger charge is -2.35. The zero-order valence-corrected chi connectivity index (χ0v) is 16.7. The van der Waals surface area contributed by atoms with Gasteiger partial charge in [-0.15, -0.1) is 0 Å². The van der Waals surface area contributed by atoms with Gasteiger partial charge >= 0.3 is 12.6 Å². The molecule has 1 aliphatic heterocycles. The van der Waals surface area contributed by atoms with Crippen molar-refractivity contribution in [2.45, 2.75) is 44.9 Å². The first-order valence-corrected chi connectivity index (χ1v) is 10.0. The Morgan fingerprint density at radius 2 is 2.13 bits per heavy atom. The molecule has 2 heterocycles. The number of hydrogen-bond donors (Lipinski definition) is 1. The van der Waals surface area contributed by atoms with Crippen LogP contribution in [0.1, 0.15) is 35.2 Å². The van der Waals surface area contributed by atoms with E-state index in [4.69, 9.17) is 4.74 Å². The fourth-order valence-corrected chi connectivity index (χ4v) is 3.90. The van der Waals surface area contributed by atoms with Crippen LogP contribution in [0.25, 0.3) is 0 Å². The molecule has 4 rings (SSSR count). The molecule has 9 heteroatoms. The minimum Gasteiger partial charge on any atom is -0.435 e. The summed E-state index contributed by atoms with van der Waals surface area (Å²) in [5, 5.41) is 3.12. The van der Waals surface area contributed by atoms with Crippen LogP contribution in [-0.2, 0) is 17.6 Å². The van der Waals surface area contributed by atoms with Gasteiger partial charge in [0.1, 0.15) is 17.7 Å². The highest BCUT2D eigenvalue weighted by Gasteiger charge is 2.28. The summed E-state index contributed by atoms with van der Waals surface area (Å²) in [5.74, 6) is 0.861. The molecule has 2 atom stereocenters. The van der Waals surface area contributed by atoms with Crippen LogP contribution in [0.15, 0.2) is 30.5 Å². The van der Waals surface area contributed by atoms with Gasteiger partial charge in [0.05, 0.1) is 13.2 Å². The number of aromatic nitrogens is 2. The normalized spacial score (nSPS) is 21.3. The Bertz CT molecular complexity index is 894. The van der Waals surface area contributed by atoms with Gasteiger partial charge in [-0.05, 0) is 49.4 Å². The highest BCUT2D eigenvalue weighted by Crippen LogP contribution is 2.25. The van der Waals surface area contributed by atoms with Crippen molar-refractivity contribution in [1.29, 1.82) is 0 Å². The summed E-state index contributed by atoms with van der Waals surface area (Å²) in [7, 11) is 0. The second-order valence-corrected chi connectivity index (χ2v) is 7.53. The number of hydrogen-bond acceptors (Lipinski definition) is 5. The largest absolute Gasteiger partial charge is 0.435 e. The smallest absolute Gasteiger partial charge is 0.387 e. The van der Waals surface area contributed by atoms with Crippen LogP contribution in [0.5, 0.6) is 5.75 Å². The highest BCUT2D eigenvalue weighted by atomic mass is 19.3. The topological polar surface area (TPSA) is 76.6 Å². The Kier molecular flexibility index (Phi) is 6.08. The monoisotopic (exact) mass is 418 g/mol. The number of carbonyl (C=O) groups excluding carboxylic acids is 1. The second-order valence-electron chi connectivity index (χ2n) is 7.53. The fraction of sp³-hybridized carbons (Fsp3) is 0.476. The van der Waals surface area contributed by atoms with Crippen LogP contribution >= 0.6 is 0 Å². The van der Waals surface area contributed by atoms with Crippen LogP contribution in [0, 0.1) is 6.92 Å². The van der Waals surface area contributed by atoms with Crippen molar-refractivity contribution in [1.82, 2.24) is 20.2 Å². The minimum atomic E-state index is -2.86. The second kappa shape index (κ2) is 8.91. The lowest BCUT2D eigenvalue weighted by molar-refractivity contribution is -0.0499. The predicted molar refractivity (Wildman–Crippen MR) is 104 cm³/mol. The number of urea groups is 1. The van der Waals surface area contributed by atoms with E-state index in [1.807, 2.05) is 13.1 Å². The van der Waals surface area contributed by atoms with Gasteiger partial charge in [0.2, 0.25) is 0 Å². The number of fused-ring (bicyclic) bond motifs is 1. The number of aryl methyl sites for hydroxylation is 2. The van der Waals surface area contributed by atoms with Crippen molar-refractivity contribution in [2.75, 3.05) is 19.7 Å². The van der Waals surface area contributed by atoms with Crippen molar-refractivity contribution in [3.05, 3.63) is 53.1 Å². The fourth-order valence-electron chi connectivity index (χ4n) is 3.90. The molecular formula is C21H24F2N4O3. The molecule has 1 aromatic heterocycles. The van der Waals surface area contributed by atoms with Gasteiger partial charge in [-0.3, -0.25) is 0 Å². The first-order valence-electron chi connectivity index (χ1n) is 10.0. The quantitative estimate of drug-likeness (QED) is 0.826. The van der Waals surface area contributed by atoms with Gasteiger partial charge < -0.3 is 19.7 Å². The standard InChI is InChI=1S/C21H24F2N4O3/c1-13-24-11-15-10-16(4-7-18(15)25-13)26-21(28)27-8-9-29-19(12-27)14-2-5-17(6-3-14)30-20(22)23/h2-3,5-6,11,16,19-20H,4,7-10,12H2,1H3,(H,26,28). The van der Waals surface area contributed by atoms with E-state index in [1.54, 1.807) is 17.0 Å². The summed E-state index contributed by atoms with van der Waals surface area (Å²) in [4.78, 5) is 23.3. The number of halogens is 2. The average molecular weight is 418 g/mol. The van der Waals surface area contributed by atoms with E-state index in [-0.39, 0.29) is 23.9 Å². The number of morpholine rings is 1. The molecule has 1 fully saturated rings. The lowest BCUT2D eigenvalue weighted by Crippen LogP contribution is -2.51. The third kappa shape index (κ3) is 4.84. The molecule has 0 bridgehead atoms. The molecular weight excluding hydrogens is 394 g/mol. The average Bonchev–Trinajstić information content (AvgIpc) is 2.74. The molecule has 1 aromatic carbocycles. The molecule has 0 spiro atoms. The van der Waals surface area contributed by atoms with Crippen LogP contribution in [0.2, 0.25) is 0 Å². The summed E-state index contributed by atoms with van der Waals surface area (Å²) in [6.45, 7) is 0.326. The Balaban J connectivity index is 1.34. The first-order chi connectivity index (χ1) is 14.5. The molecule has 2 amide bonds. The molecule has 30 heavy (non-hydrogen) atoms. The van der Waals surface area contributed by atoms with E-state index in [0.717, 1.165) is 41.9 Å². The van der Waals surface area contributed by atoms with Gasteiger partial charge in [0, 0.05) is 24.5 Å². The van der Waals surface area contributed by atoms with Crippen LogP contribution in [0.4, 0.5) is 13.6 Å². The van der Waals surface area contributed by atoms with Gasteiger partial charge in [-0.2, -0.15) is 8.78 Å². The van der Waals surface area contributed by atoms with Gasteiger partial charge in [-0.25, -0.2) is 14.8 Å². The Morgan fingerprint density at radius 1 is 1.33 bits per heavy atom. The van der Waals surface area contributed by atoms with Crippen molar-refractivity contribution >= 4 is 6.03 Å². The van der Waals surface area contributed by atoms with Crippen molar-refractivity contribution in [3.8, 4) is 5.75 Å². The Labute approximate surface area is 173 Å². The zero-order valence-electron chi connectivity index (χ0n) is 16.7. The van der Waals surface area contributed by atoms with E-state index in [1.165, 1.54) is 12.1 Å². The molecule has 1 aliphatic carbocycles. The molecule has 1 N–H and O–H groups in total. The van der Waals surface area contributed by atoms with E-state index in [9.17, 15) is 13.6 Å². The molecule has 0 radical (unpaired) electrons. The molecule has 7 nitrogen and oxygen atoms in total. The number of nitrogens with one attached hydrogen (secondary N) is 1. The van der Waals surface area contributed by atoms with Crippen LogP contribution < -0.4 is 10.1 Å². The number of carbonyl (C=O) groups is 1. The molecule has 1 saturated heterocycles. The van der Waals surface area contributed by atoms with E-state index in [0.29, 0.717) is 19.7 Å². The van der Waals surface area contributed by atoms with Gasteiger partial charge in [-0.1, -0.05) is 12.1 Å². The molecule has 2 aliphatic rings. The maximum absolute atomic E-state index is 12.8. The Hall–Kier alpha value is -2.81. The van der Waals surface area contributed by atoms with Gasteiger partial charge in [0.25, 0.3) is 0 Å². The number of amides is 2. The van der Waals surface area contributed by atoms with Crippen molar-refractivity contribution < 1.29 is 23.0 Å². The van der Waals surface area contributed by atoms with Crippen LogP contribution in [-0.4, -0.2) is 53.2 Å².